The third-order valence-corrected chi connectivity index (χ3v) is 3.90. The lowest BCUT2D eigenvalue weighted by molar-refractivity contribution is -0.136. The molecule has 7 heteroatoms. The molecule has 24 heavy (non-hydrogen) atoms. The summed E-state index contributed by atoms with van der Waals surface area (Å²) < 4.78 is 0. The van der Waals surface area contributed by atoms with Crippen LogP contribution in [0.3, 0.4) is 0 Å². The Balaban J connectivity index is 0.000000891. The molecule has 7 nitrogen and oxygen atoms in total. The van der Waals surface area contributed by atoms with Gasteiger partial charge in [-0.1, -0.05) is 0 Å². The predicted octanol–water partition coefficient (Wildman–Crippen LogP) is 0.463. The van der Waals surface area contributed by atoms with Gasteiger partial charge in [0.2, 0.25) is 5.91 Å². The van der Waals surface area contributed by atoms with E-state index >= 15 is 0 Å². The number of carbonyl (C=O) groups is 2. The van der Waals surface area contributed by atoms with E-state index in [0.29, 0.717) is 12.2 Å². The highest BCUT2D eigenvalue weighted by Crippen LogP contribution is 2.15. The first-order valence-corrected chi connectivity index (χ1v) is 7.68. The second-order valence-electron chi connectivity index (χ2n) is 5.42. The maximum Gasteiger partial charge on any atom is 0.240 e. The first kappa shape index (κ1) is 19.4. The van der Waals surface area contributed by atoms with E-state index in [1.165, 1.54) is 5.94 Å². The van der Waals surface area contributed by atoms with E-state index in [1.54, 1.807) is 31.0 Å². The summed E-state index contributed by atoms with van der Waals surface area (Å²) in [6, 6.07) is 6.63. The van der Waals surface area contributed by atoms with Gasteiger partial charge >= 0.3 is 0 Å². The molecule has 1 aromatic carbocycles. The second kappa shape index (κ2) is 9.50. The molecule has 1 saturated heterocycles. The minimum absolute atomic E-state index is 0.00284. The molecule has 0 aromatic heterocycles. The van der Waals surface area contributed by atoms with Crippen LogP contribution in [0, 0.1) is 0 Å². The predicted molar refractivity (Wildman–Crippen MR) is 94.3 cm³/mol. The van der Waals surface area contributed by atoms with Crippen molar-refractivity contribution in [2.24, 2.45) is 0 Å². The monoisotopic (exact) mass is 332 g/mol. The van der Waals surface area contributed by atoms with Crippen molar-refractivity contribution in [1.29, 1.82) is 0 Å². The lowest BCUT2D eigenvalue weighted by atomic mass is 10.2. The average Bonchev–Trinajstić information content (AvgIpc) is 2.94. The van der Waals surface area contributed by atoms with E-state index in [1.807, 2.05) is 12.1 Å². The van der Waals surface area contributed by atoms with Gasteiger partial charge in [0.05, 0.1) is 18.6 Å². The topological polar surface area (TPSA) is 105 Å². The minimum Gasteiger partial charge on any atom is -0.399 e. The average molecular weight is 332 g/mol. The van der Waals surface area contributed by atoms with Gasteiger partial charge in [-0.05, 0) is 51.2 Å². The van der Waals surface area contributed by atoms with Crippen molar-refractivity contribution in [3.63, 3.8) is 0 Å². The zero-order valence-corrected chi connectivity index (χ0v) is 14.0. The number of nitrogen functional groups attached to an aromatic ring is 1. The SMILES string of the molecule is C=C=O.CNC1CCN([C@@H](C)C(=O)CNc2ccc(N)cc2)C1=O. The highest BCUT2D eigenvalue weighted by molar-refractivity contribution is 5.93. The molecular weight excluding hydrogens is 308 g/mol. The van der Waals surface area contributed by atoms with Gasteiger partial charge in [-0.2, -0.15) is 0 Å². The number of Topliss-reactive ketones (excluding diaryl/α,β-unsaturated/α-hetero) is 1. The number of nitrogens with one attached hydrogen (secondary N) is 2. The van der Waals surface area contributed by atoms with Gasteiger partial charge in [-0.25, -0.2) is 4.79 Å². The van der Waals surface area contributed by atoms with Crippen molar-refractivity contribution >= 4 is 29.0 Å². The number of nitrogens with two attached hydrogens (primary N) is 1. The smallest absolute Gasteiger partial charge is 0.240 e. The molecule has 0 spiro atoms. The van der Waals surface area contributed by atoms with Gasteiger partial charge in [-0.15, -0.1) is 0 Å². The molecule has 130 valence electrons. The molecule has 1 aromatic rings. The number of nitrogens with zero attached hydrogens (tertiary/aromatic N) is 1. The first-order valence-electron chi connectivity index (χ1n) is 7.68. The van der Waals surface area contributed by atoms with Crippen LogP contribution < -0.4 is 16.4 Å². The van der Waals surface area contributed by atoms with Crippen molar-refractivity contribution in [3.05, 3.63) is 30.8 Å². The number of likely N-dealkylation sites (N-methyl/N-ethyl adjacent to an activating group) is 1. The summed E-state index contributed by atoms with van der Waals surface area (Å²) in [6.45, 7) is 5.28. The molecule has 2 atom stereocenters. The maximum atomic E-state index is 12.2. The number of anilines is 2. The van der Waals surface area contributed by atoms with E-state index < -0.39 is 6.04 Å². The number of hydrogen-bond acceptors (Lipinski definition) is 6. The molecule has 0 bridgehead atoms. The van der Waals surface area contributed by atoms with Crippen LogP contribution in [0.2, 0.25) is 0 Å². The summed E-state index contributed by atoms with van der Waals surface area (Å²) in [4.78, 5) is 34.5. The first-order chi connectivity index (χ1) is 11.4. The highest BCUT2D eigenvalue weighted by atomic mass is 16.2. The Morgan fingerprint density at radius 1 is 1.46 bits per heavy atom. The maximum absolute atomic E-state index is 12.2. The Bertz CT molecular complexity index is 594. The van der Waals surface area contributed by atoms with Gasteiger partial charge in [0.15, 0.2) is 5.78 Å². The second-order valence-corrected chi connectivity index (χ2v) is 5.42. The zero-order chi connectivity index (χ0) is 18.1. The highest BCUT2D eigenvalue weighted by Gasteiger charge is 2.35. The fourth-order valence-electron chi connectivity index (χ4n) is 2.47. The van der Waals surface area contributed by atoms with Crippen LogP contribution in [0.1, 0.15) is 13.3 Å². The molecule has 0 saturated carbocycles. The molecule has 1 aliphatic heterocycles. The third-order valence-electron chi connectivity index (χ3n) is 3.90. The number of ketones is 1. The van der Waals surface area contributed by atoms with Gasteiger partial charge in [-0.3, -0.25) is 9.59 Å². The third kappa shape index (κ3) is 5.22. The molecule has 4 N–H and O–H groups in total. The Morgan fingerprint density at radius 3 is 2.54 bits per heavy atom. The molecule has 1 heterocycles. The quantitative estimate of drug-likeness (QED) is 0.516. The number of benzene rings is 1. The minimum atomic E-state index is -0.405. The zero-order valence-electron chi connectivity index (χ0n) is 14.0. The van der Waals surface area contributed by atoms with Crippen LogP contribution in [-0.4, -0.2) is 54.8 Å². The van der Waals surface area contributed by atoms with E-state index in [4.69, 9.17) is 10.5 Å². The van der Waals surface area contributed by atoms with E-state index in [2.05, 4.69) is 17.2 Å². The summed E-state index contributed by atoms with van der Waals surface area (Å²) in [5.41, 5.74) is 7.13. The molecule has 0 aliphatic carbocycles. The Labute approximate surface area is 141 Å². The Hall–Kier alpha value is -2.63. The van der Waals surface area contributed by atoms with Crippen molar-refractivity contribution in [1.82, 2.24) is 10.2 Å². The fraction of sp³-hybridized carbons (Fsp3) is 0.412. The van der Waals surface area contributed by atoms with Crippen LogP contribution in [0.15, 0.2) is 30.8 Å². The van der Waals surface area contributed by atoms with Crippen LogP contribution in [0.5, 0.6) is 0 Å². The lowest BCUT2D eigenvalue weighted by Gasteiger charge is -2.24. The Kier molecular flexibility index (Phi) is 7.68. The summed E-state index contributed by atoms with van der Waals surface area (Å²) in [6.07, 6.45) is 0.748. The molecule has 0 radical (unpaired) electrons. The van der Waals surface area contributed by atoms with Crippen LogP contribution in [0.25, 0.3) is 0 Å². The van der Waals surface area contributed by atoms with Crippen LogP contribution in [-0.2, 0) is 14.4 Å². The number of carbonyl (C=O) groups excluding carboxylic acids is 3. The van der Waals surface area contributed by atoms with Gasteiger partial charge < -0.3 is 21.3 Å². The number of amides is 1. The van der Waals surface area contributed by atoms with Crippen molar-refractivity contribution < 1.29 is 14.4 Å². The fourth-order valence-corrected chi connectivity index (χ4v) is 2.47. The molecule has 1 aliphatic rings. The van der Waals surface area contributed by atoms with Gasteiger partial charge in [0.1, 0.15) is 5.94 Å². The van der Waals surface area contributed by atoms with Crippen molar-refractivity contribution in [3.8, 4) is 0 Å². The summed E-state index contributed by atoms with van der Waals surface area (Å²) in [5.74, 6) is 1.25. The molecule has 1 amide bonds. The van der Waals surface area contributed by atoms with E-state index in [9.17, 15) is 9.59 Å². The lowest BCUT2D eigenvalue weighted by Crippen LogP contribution is -2.45. The summed E-state index contributed by atoms with van der Waals surface area (Å²) in [7, 11) is 1.77. The molecular formula is C17H24N4O3. The van der Waals surface area contributed by atoms with E-state index in [-0.39, 0.29) is 24.3 Å². The van der Waals surface area contributed by atoms with Gasteiger partial charge in [0, 0.05) is 17.9 Å². The molecule has 2 rings (SSSR count). The normalized spacial score (nSPS) is 17.5. The van der Waals surface area contributed by atoms with Crippen LogP contribution >= 0.6 is 0 Å². The summed E-state index contributed by atoms with van der Waals surface area (Å²) >= 11 is 0. The van der Waals surface area contributed by atoms with Crippen molar-refractivity contribution in [2.45, 2.75) is 25.4 Å². The number of likely N-dealkylation sites (tertiary alicyclic amines) is 1. The van der Waals surface area contributed by atoms with Crippen LogP contribution in [0.4, 0.5) is 11.4 Å². The van der Waals surface area contributed by atoms with Crippen molar-refractivity contribution in [2.75, 3.05) is 31.2 Å². The Morgan fingerprint density at radius 2 is 2.04 bits per heavy atom. The number of hydrogen-bond donors (Lipinski definition) is 3. The summed E-state index contributed by atoms with van der Waals surface area (Å²) in [5, 5.41) is 6.03. The van der Waals surface area contributed by atoms with Gasteiger partial charge in [0.25, 0.3) is 0 Å². The molecule has 1 fully saturated rings. The number of rotatable bonds is 6. The molecule has 1 unspecified atom stereocenters. The largest absolute Gasteiger partial charge is 0.399 e. The standard InChI is InChI=1S/C15H22N4O2.C2H2O/c1-10(19-8-7-13(17-2)15(19)21)14(20)9-18-12-5-3-11(16)4-6-12;1-2-3/h3-6,10,13,17-18H,7-9,16H2,1-2H3;1H2/t10-,13?;/m0./s1. The van der Waals surface area contributed by atoms with E-state index in [0.717, 1.165) is 12.1 Å².